The van der Waals surface area contributed by atoms with Crippen molar-refractivity contribution in [3.8, 4) is 0 Å². The van der Waals surface area contributed by atoms with Crippen LogP contribution in [0, 0.1) is 0 Å². The number of aryl methyl sites for hydroxylation is 1. The molecule has 1 aliphatic heterocycles. The number of β-amino-alcohol motifs (C(OH)–C–C–N with tert-alkyl or cyclic N) is 1. The standard InChI is InChI=1S/C13H20ClN3O3/c1-5-17-10(9(14)6-15-17)13(19)7-16(8-13)11(18)20-12(2,3)4/h6,19H,5,7-8H2,1-4H3. The number of hydrogen-bond donors (Lipinski definition) is 1. The zero-order chi connectivity index (χ0) is 15.1. The van der Waals surface area contributed by atoms with Crippen molar-refractivity contribution in [2.24, 2.45) is 0 Å². The summed E-state index contributed by atoms with van der Waals surface area (Å²) in [6.07, 6.45) is 1.08. The van der Waals surface area contributed by atoms with E-state index in [0.717, 1.165) is 0 Å². The number of nitrogens with zero attached hydrogens (tertiary/aromatic N) is 3. The van der Waals surface area contributed by atoms with Crippen molar-refractivity contribution in [3.63, 3.8) is 0 Å². The first-order chi connectivity index (χ1) is 9.16. The van der Waals surface area contributed by atoms with E-state index in [0.29, 0.717) is 17.3 Å². The molecule has 0 aromatic carbocycles. The molecule has 7 heteroatoms. The van der Waals surface area contributed by atoms with E-state index in [-0.39, 0.29) is 13.1 Å². The van der Waals surface area contributed by atoms with Gasteiger partial charge in [0.2, 0.25) is 0 Å². The van der Waals surface area contributed by atoms with Crippen LogP contribution in [0.4, 0.5) is 4.79 Å². The fraction of sp³-hybridized carbons (Fsp3) is 0.692. The summed E-state index contributed by atoms with van der Waals surface area (Å²) in [6.45, 7) is 8.26. The summed E-state index contributed by atoms with van der Waals surface area (Å²) in [5.41, 5.74) is -1.14. The van der Waals surface area contributed by atoms with Crippen molar-refractivity contribution in [1.29, 1.82) is 0 Å². The maximum atomic E-state index is 11.9. The fourth-order valence-electron chi connectivity index (χ4n) is 2.26. The average molecular weight is 302 g/mol. The van der Waals surface area contributed by atoms with Crippen LogP contribution >= 0.6 is 11.6 Å². The number of rotatable bonds is 2. The molecule has 0 unspecified atom stereocenters. The molecule has 20 heavy (non-hydrogen) atoms. The molecular formula is C13H20ClN3O3. The van der Waals surface area contributed by atoms with Crippen molar-refractivity contribution in [2.45, 2.75) is 45.4 Å². The highest BCUT2D eigenvalue weighted by molar-refractivity contribution is 6.31. The summed E-state index contributed by atoms with van der Waals surface area (Å²) >= 11 is 6.08. The number of halogens is 1. The fourth-order valence-corrected chi connectivity index (χ4v) is 2.57. The Morgan fingerprint density at radius 1 is 1.55 bits per heavy atom. The van der Waals surface area contributed by atoms with Crippen LogP contribution in [0.15, 0.2) is 6.20 Å². The SMILES string of the molecule is CCn1ncc(Cl)c1C1(O)CN(C(=O)OC(C)(C)C)C1. The van der Waals surface area contributed by atoms with Gasteiger partial charge >= 0.3 is 6.09 Å². The van der Waals surface area contributed by atoms with Gasteiger partial charge in [-0.2, -0.15) is 5.10 Å². The van der Waals surface area contributed by atoms with Gasteiger partial charge in [-0.3, -0.25) is 4.68 Å². The molecular weight excluding hydrogens is 282 g/mol. The van der Waals surface area contributed by atoms with Gasteiger partial charge in [-0.25, -0.2) is 4.79 Å². The van der Waals surface area contributed by atoms with Crippen LogP contribution in [0.3, 0.4) is 0 Å². The topological polar surface area (TPSA) is 67.6 Å². The first-order valence-electron chi connectivity index (χ1n) is 6.58. The molecule has 1 aromatic heterocycles. The molecule has 1 aromatic rings. The zero-order valence-electron chi connectivity index (χ0n) is 12.2. The van der Waals surface area contributed by atoms with E-state index in [4.69, 9.17) is 16.3 Å². The molecule has 0 saturated carbocycles. The molecule has 2 heterocycles. The van der Waals surface area contributed by atoms with Gasteiger partial charge in [0.05, 0.1) is 30.0 Å². The van der Waals surface area contributed by atoms with Crippen molar-refractivity contribution < 1.29 is 14.6 Å². The predicted octanol–water partition coefficient (Wildman–Crippen LogP) is 1.99. The first kappa shape index (κ1) is 15.1. The van der Waals surface area contributed by atoms with Gasteiger partial charge in [-0.15, -0.1) is 0 Å². The normalized spacial score (nSPS) is 17.8. The Balaban J connectivity index is 2.07. The smallest absolute Gasteiger partial charge is 0.410 e. The molecule has 6 nitrogen and oxygen atoms in total. The van der Waals surface area contributed by atoms with Gasteiger partial charge in [0.25, 0.3) is 0 Å². The van der Waals surface area contributed by atoms with E-state index >= 15 is 0 Å². The summed E-state index contributed by atoms with van der Waals surface area (Å²) in [4.78, 5) is 13.3. The molecule has 2 rings (SSSR count). The van der Waals surface area contributed by atoms with Crippen LogP contribution in [0.5, 0.6) is 0 Å². The highest BCUT2D eigenvalue weighted by atomic mass is 35.5. The highest BCUT2D eigenvalue weighted by Crippen LogP contribution is 2.36. The molecule has 0 atom stereocenters. The van der Waals surface area contributed by atoms with Crippen molar-refractivity contribution in [2.75, 3.05) is 13.1 Å². The summed E-state index contributed by atoms with van der Waals surface area (Å²) in [7, 11) is 0. The number of hydrogen-bond acceptors (Lipinski definition) is 4. The number of likely N-dealkylation sites (tertiary alicyclic amines) is 1. The summed E-state index contributed by atoms with van der Waals surface area (Å²) in [5, 5.41) is 15.1. The number of amides is 1. The lowest BCUT2D eigenvalue weighted by molar-refractivity contribution is -0.108. The zero-order valence-corrected chi connectivity index (χ0v) is 12.9. The molecule has 1 N–H and O–H groups in total. The van der Waals surface area contributed by atoms with Gasteiger partial charge < -0.3 is 14.7 Å². The predicted molar refractivity (Wildman–Crippen MR) is 74.6 cm³/mol. The van der Waals surface area contributed by atoms with Crippen LogP contribution < -0.4 is 0 Å². The van der Waals surface area contributed by atoms with Crippen LogP contribution in [0.1, 0.15) is 33.4 Å². The summed E-state index contributed by atoms with van der Waals surface area (Å²) in [5.74, 6) is 0. The monoisotopic (exact) mass is 301 g/mol. The Kier molecular flexibility index (Phi) is 3.73. The maximum Gasteiger partial charge on any atom is 0.410 e. The highest BCUT2D eigenvalue weighted by Gasteiger charge is 2.49. The van der Waals surface area contributed by atoms with Gasteiger partial charge in [-0.05, 0) is 27.7 Å². The second-order valence-electron chi connectivity index (χ2n) is 6.02. The molecule has 0 spiro atoms. The van der Waals surface area contributed by atoms with Crippen molar-refractivity contribution >= 4 is 17.7 Å². The van der Waals surface area contributed by atoms with E-state index < -0.39 is 17.3 Å². The lowest BCUT2D eigenvalue weighted by atomic mass is 9.90. The molecule has 112 valence electrons. The van der Waals surface area contributed by atoms with Crippen molar-refractivity contribution in [1.82, 2.24) is 14.7 Å². The van der Waals surface area contributed by atoms with E-state index in [1.54, 1.807) is 25.5 Å². The number of aliphatic hydroxyl groups is 1. The third-order valence-electron chi connectivity index (χ3n) is 3.09. The Morgan fingerprint density at radius 2 is 2.15 bits per heavy atom. The molecule has 1 amide bonds. The molecule has 1 saturated heterocycles. The Morgan fingerprint density at radius 3 is 2.65 bits per heavy atom. The minimum Gasteiger partial charge on any atom is -0.444 e. The van der Waals surface area contributed by atoms with E-state index in [1.807, 2.05) is 6.92 Å². The van der Waals surface area contributed by atoms with E-state index in [9.17, 15) is 9.90 Å². The van der Waals surface area contributed by atoms with Gasteiger partial charge in [0.1, 0.15) is 11.2 Å². The van der Waals surface area contributed by atoms with Crippen molar-refractivity contribution in [3.05, 3.63) is 16.9 Å². The van der Waals surface area contributed by atoms with Crippen LogP contribution in [-0.2, 0) is 16.9 Å². The molecule has 0 bridgehead atoms. The lowest BCUT2D eigenvalue weighted by Crippen LogP contribution is -2.62. The average Bonchev–Trinajstić information content (AvgIpc) is 2.64. The summed E-state index contributed by atoms with van der Waals surface area (Å²) in [6, 6.07) is 0. The van der Waals surface area contributed by atoms with Gasteiger partial charge in [0, 0.05) is 6.54 Å². The van der Waals surface area contributed by atoms with Crippen LogP contribution in [-0.4, -0.2) is 44.6 Å². The number of carbonyl (C=O) groups is 1. The Hall–Kier alpha value is -1.27. The molecule has 1 aliphatic rings. The van der Waals surface area contributed by atoms with Gasteiger partial charge in [0.15, 0.2) is 0 Å². The van der Waals surface area contributed by atoms with E-state index in [2.05, 4.69) is 5.10 Å². The van der Waals surface area contributed by atoms with Gasteiger partial charge in [-0.1, -0.05) is 11.6 Å². The quantitative estimate of drug-likeness (QED) is 0.907. The maximum absolute atomic E-state index is 11.9. The molecule has 0 radical (unpaired) electrons. The van der Waals surface area contributed by atoms with Crippen LogP contribution in [0.2, 0.25) is 5.02 Å². The lowest BCUT2D eigenvalue weighted by Gasteiger charge is -2.46. The number of ether oxygens (including phenoxy) is 1. The minimum absolute atomic E-state index is 0.160. The first-order valence-corrected chi connectivity index (χ1v) is 6.96. The second kappa shape index (κ2) is 4.93. The molecule has 0 aliphatic carbocycles. The van der Waals surface area contributed by atoms with Crippen LogP contribution in [0.25, 0.3) is 0 Å². The summed E-state index contributed by atoms with van der Waals surface area (Å²) < 4.78 is 6.91. The largest absolute Gasteiger partial charge is 0.444 e. The van der Waals surface area contributed by atoms with E-state index in [1.165, 1.54) is 11.1 Å². The number of aromatic nitrogens is 2. The number of carbonyl (C=O) groups excluding carboxylic acids is 1. The Labute approximate surface area is 123 Å². The second-order valence-corrected chi connectivity index (χ2v) is 6.43. The third-order valence-corrected chi connectivity index (χ3v) is 3.37. The minimum atomic E-state index is -1.15. The third kappa shape index (κ3) is 2.76. The Bertz CT molecular complexity index is 515. The molecule has 1 fully saturated rings.